The number of carbonyl (C=O) groups is 1. The highest BCUT2D eigenvalue weighted by atomic mass is 32.2. The lowest BCUT2D eigenvalue weighted by atomic mass is 10.3. The maximum Gasteiger partial charge on any atom is 0.324 e. The van der Waals surface area contributed by atoms with E-state index in [-0.39, 0.29) is 0 Å². The number of esters is 1. The summed E-state index contributed by atoms with van der Waals surface area (Å²) in [5, 5.41) is -1.47. The molecule has 1 rings (SSSR count). The van der Waals surface area contributed by atoms with Crippen LogP contribution >= 0.6 is 0 Å². The molecule has 0 bridgehead atoms. The lowest BCUT2D eigenvalue weighted by Crippen LogP contribution is -2.28. The molecule has 1 atom stereocenters. The first-order chi connectivity index (χ1) is 7.80. The van der Waals surface area contributed by atoms with Crippen molar-refractivity contribution in [2.24, 2.45) is 0 Å². The molecule has 0 N–H and O–H groups in total. The van der Waals surface area contributed by atoms with Gasteiger partial charge in [0.05, 0.1) is 12.0 Å². The molecule has 0 amide bonds. The van der Waals surface area contributed by atoms with Gasteiger partial charge in [0.15, 0.2) is 26.7 Å². The zero-order chi connectivity index (χ0) is 13.2. The van der Waals surface area contributed by atoms with Crippen LogP contribution in [0, 0.1) is 11.6 Å². The topological polar surface area (TPSA) is 60.4 Å². The van der Waals surface area contributed by atoms with E-state index in [0.717, 1.165) is 20.1 Å². The van der Waals surface area contributed by atoms with E-state index in [1.807, 2.05) is 0 Å². The third-order valence-electron chi connectivity index (χ3n) is 2.22. The summed E-state index contributed by atoms with van der Waals surface area (Å²) < 4.78 is 53.5. The summed E-state index contributed by atoms with van der Waals surface area (Å²) in [6.07, 6.45) is 0. The molecule has 0 aliphatic heterocycles. The zero-order valence-electron chi connectivity index (χ0n) is 9.11. The van der Waals surface area contributed by atoms with Gasteiger partial charge in [0, 0.05) is 0 Å². The molecule has 0 saturated heterocycles. The first kappa shape index (κ1) is 13.6. The van der Waals surface area contributed by atoms with Crippen molar-refractivity contribution in [3.05, 3.63) is 29.8 Å². The summed E-state index contributed by atoms with van der Waals surface area (Å²) in [7, 11) is -3.03. The zero-order valence-corrected chi connectivity index (χ0v) is 9.92. The van der Waals surface area contributed by atoms with Gasteiger partial charge in [-0.2, -0.15) is 0 Å². The van der Waals surface area contributed by atoms with Crippen molar-refractivity contribution in [2.45, 2.75) is 17.1 Å². The number of benzene rings is 1. The summed E-state index contributed by atoms with van der Waals surface area (Å²) in [5.74, 6) is -3.41. The van der Waals surface area contributed by atoms with E-state index in [4.69, 9.17) is 0 Å². The fourth-order valence-corrected chi connectivity index (χ4v) is 2.43. The van der Waals surface area contributed by atoms with Crippen molar-refractivity contribution >= 4 is 15.8 Å². The molecule has 0 heterocycles. The Morgan fingerprint density at radius 2 is 1.88 bits per heavy atom. The minimum Gasteiger partial charge on any atom is -0.468 e. The van der Waals surface area contributed by atoms with Gasteiger partial charge >= 0.3 is 5.97 Å². The Morgan fingerprint density at radius 1 is 1.29 bits per heavy atom. The van der Waals surface area contributed by atoms with Gasteiger partial charge in [-0.3, -0.25) is 4.79 Å². The van der Waals surface area contributed by atoms with E-state index in [9.17, 15) is 22.0 Å². The fourth-order valence-electron chi connectivity index (χ4n) is 1.15. The molecule has 0 radical (unpaired) electrons. The normalized spacial score (nSPS) is 13.2. The second kappa shape index (κ2) is 4.79. The number of hydrogen-bond acceptors (Lipinski definition) is 4. The lowest BCUT2D eigenvalue weighted by molar-refractivity contribution is -0.139. The fraction of sp³-hybridized carbons (Fsp3) is 0.300. The minimum atomic E-state index is -4.07. The van der Waals surface area contributed by atoms with E-state index in [2.05, 4.69) is 4.74 Å². The highest BCUT2D eigenvalue weighted by Crippen LogP contribution is 2.19. The molecule has 1 aromatic carbocycles. The first-order valence-electron chi connectivity index (χ1n) is 4.57. The summed E-state index contributed by atoms with van der Waals surface area (Å²) >= 11 is 0. The maximum absolute atomic E-state index is 12.9. The average molecular weight is 264 g/mol. The van der Waals surface area contributed by atoms with Crippen molar-refractivity contribution in [1.82, 2.24) is 0 Å². The number of methoxy groups -OCH3 is 1. The molecule has 1 unspecified atom stereocenters. The van der Waals surface area contributed by atoms with Gasteiger partial charge in [-0.05, 0) is 25.1 Å². The van der Waals surface area contributed by atoms with Crippen LogP contribution in [0.25, 0.3) is 0 Å². The van der Waals surface area contributed by atoms with E-state index < -0.39 is 37.6 Å². The predicted octanol–water partition coefficient (Wildman–Crippen LogP) is 1.30. The van der Waals surface area contributed by atoms with Crippen LogP contribution in [0.15, 0.2) is 23.1 Å². The minimum absolute atomic E-state index is 0.464. The van der Waals surface area contributed by atoms with Crippen LogP contribution in [-0.4, -0.2) is 26.7 Å². The van der Waals surface area contributed by atoms with Crippen LogP contribution in [0.4, 0.5) is 8.78 Å². The van der Waals surface area contributed by atoms with E-state index in [0.29, 0.717) is 12.1 Å². The van der Waals surface area contributed by atoms with Gasteiger partial charge in [-0.25, -0.2) is 17.2 Å². The number of sulfone groups is 1. The van der Waals surface area contributed by atoms with Crippen molar-refractivity contribution in [1.29, 1.82) is 0 Å². The highest BCUT2D eigenvalue weighted by molar-refractivity contribution is 7.92. The molecule has 17 heavy (non-hydrogen) atoms. The maximum atomic E-state index is 12.9. The number of rotatable bonds is 3. The molecule has 0 aromatic heterocycles. The Hall–Kier alpha value is -1.50. The molecule has 0 saturated carbocycles. The smallest absolute Gasteiger partial charge is 0.324 e. The molecule has 94 valence electrons. The van der Waals surface area contributed by atoms with E-state index >= 15 is 0 Å². The van der Waals surface area contributed by atoms with E-state index in [1.54, 1.807) is 0 Å². The van der Waals surface area contributed by atoms with Gasteiger partial charge in [0.2, 0.25) is 0 Å². The lowest BCUT2D eigenvalue weighted by Gasteiger charge is -2.10. The highest BCUT2D eigenvalue weighted by Gasteiger charge is 2.31. The molecular formula is C10H10F2O4S. The quantitative estimate of drug-likeness (QED) is 0.610. The molecular weight excluding hydrogens is 254 g/mol. The van der Waals surface area contributed by atoms with Crippen LogP contribution in [0.1, 0.15) is 6.92 Å². The van der Waals surface area contributed by atoms with Gasteiger partial charge in [-0.15, -0.1) is 0 Å². The number of hydrogen-bond donors (Lipinski definition) is 0. The first-order valence-corrected chi connectivity index (χ1v) is 6.12. The summed E-state index contributed by atoms with van der Waals surface area (Å²) in [5.41, 5.74) is 0. The SMILES string of the molecule is COC(=O)C(C)S(=O)(=O)c1ccc(F)c(F)c1. The number of halogens is 2. The Bertz CT molecular complexity index is 539. The van der Waals surface area contributed by atoms with Crippen molar-refractivity contribution in [3.8, 4) is 0 Å². The third-order valence-corrected chi connectivity index (χ3v) is 4.25. The van der Waals surface area contributed by atoms with E-state index in [1.165, 1.54) is 0 Å². The largest absolute Gasteiger partial charge is 0.468 e. The molecule has 0 spiro atoms. The molecule has 0 fully saturated rings. The number of ether oxygens (including phenoxy) is 1. The predicted molar refractivity (Wildman–Crippen MR) is 55.0 cm³/mol. The third kappa shape index (κ3) is 2.60. The summed E-state index contributed by atoms with van der Waals surface area (Å²) in [4.78, 5) is 10.7. The number of carbonyl (C=O) groups excluding carboxylic acids is 1. The molecule has 1 aromatic rings. The van der Waals surface area contributed by atoms with Crippen LogP contribution < -0.4 is 0 Å². The second-order valence-electron chi connectivity index (χ2n) is 3.29. The van der Waals surface area contributed by atoms with Crippen molar-refractivity contribution in [3.63, 3.8) is 0 Å². The van der Waals surface area contributed by atoms with Crippen LogP contribution in [-0.2, 0) is 19.4 Å². The van der Waals surface area contributed by atoms with Crippen molar-refractivity contribution < 1.29 is 26.7 Å². The molecule has 4 nitrogen and oxygen atoms in total. The standard InChI is InChI=1S/C10H10F2O4S/c1-6(10(13)16-2)17(14,15)7-3-4-8(11)9(12)5-7/h3-6H,1-2H3. The Morgan fingerprint density at radius 3 is 2.35 bits per heavy atom. The van der Waals surface area contributed by atoms with Gasteiger partial charge < -0.3 is 4.74 Å². The molecule has 0 aliphatic carbocycles. The Balaban J connectivity index is 3.22. The van der Waals surface area contributed by atoms with Crippen molar-refractivity contribution in [2.75, 3.05) is 7.11 Å². The average Bonchev–Trinajstić information content (AvgIpc) is 2.30. The summed E-state index contributed by atoms with van der Waals surface area (Å²) in [6.45, 7) is 1.11. The second-order valence-corrected chi connectivity index (χ2v) is 5.55. The Labute approximate surface area is 97.1 Å². The van der Waals surface area contributed by atoms with Crippen LogP contribution in [0.2, 0.25) is 0 Å². The van der Waals surface area contributed by atoms with Gasteiger partial charge in [0.25, 0.3) is 0 Å². The Kier molecular flexibility index (Phi) is 3.82. The molecule has 7 heteroatoms. The van der Waals surface area contributed by atoms with Gasteiger partial charge in [-0.1, -0.05) is 0 Å². The summed E-state index contributed by atoms with van der Waals surface area (Å²) in [6, 6.07) is 2.11. The monoisotopic (exact) mass is 264 g/mol. The van der Waals surface area contributed by atoms with Gasteiger partial charge in [0.1, 0.15) is 0 Å². The van der Waals surface area contributed by atoms with Crippen LogP contribution in [0.5, 0.6) is 0 Å². The molecule has 0 aliphatic rings. The van der Waals surface area contributed by atoms with Crippen LogP contribution in [0.3, 0.4) is 0 Å².